The fraction of sp³-hybridized carbons (Fsp3) is 0.172. The lowest BCUT2D eigenvalue weighted by Crippen LogP contribution is -2.25. The molecule has 6 nitrogen and oxygen atoms in total. The minimum atomic E-state index is -0.369. The van der Waals surface area contributed by atoms with Crippen LogP contribution >= 0.6 is 0 Å². The number of benzene rings is 3. The monoisotopic (exact) mass is 486 g/mol. The molecule has 4 aromatic rings. The molecule has 0 atom stereocenters. The molecule has 0 bridgehead atoms. The highest BCUT2D eigenvalue weighted by Gasteiger charge is 2.16. The summed E-state index contributed by atoms with van der Waals surface area (Å²) in [5.41, 5.74) is 3.88. The summed E-state index contributed by atoms with van der Waals surface area (Å²) in [6.45, 7) is 2.56. The lowest BCUT2D eigenvalue weighted by molar-refractivity contribution is 0.132. The molecule has 0 aliphatic heterocycles. The lowest BCUT2D eigenvalue weighted by atomic mass is 10.0. The quantitative estimate of drug-likeness (QED) is 0.261. The molecule has 36 heavy (non-hydrogen) atoms. The Balaban J connectivity index is 1.63. The summed E-state index contributed by atoms with van der Waals surface area (Å²) < 4.78 is 20.1. The second-order valence-electron chi connectivity index (χ2n) is 8.49. The Hall–Kier alpha value is -4.39. The fourth-order valence-electron chi connectivity index (χ4n) is 3.73. The molecule has 0 fully saturated rings. The maximum atomic E-state index is 13.4. The van der Waals surface area contributed by atoms with Crippen molar-refractivity contribution in [2.24, 2.45) is 5.16 Å². The second-order valence-corrected chi connectivity index (χ2v) is 8.49. The minimum absolute atomic E-state index is 0.138. The van der Waals surface area contributed by atoms with Crippen LogP contribution in [0.4, 0.5) is 4.39 Å². The first-order valence-corrected chi connectivity index (χ1v) is 11.5. The number of aryl methyl sites for hydroxylation is 1. The van der Waals surface area contributed by atoms with Gasteiger partial charge in [-0.05, 0) is 47.9 Å². The predicted octanol–water partition coefficient (Wildman–Crippen LogP) is 5.20. The highest BCUT2D eigenvalue weighted by Crippen LogP contribution is 2.22. The number of nitrogens with zero attached hydrogens (tertiary/aromatic N) is 2. The number of hydrogen-bond acceptors (Lipinski definition) is 5. The molecule has 0 saturated heterocycles. The summed E-state index contributed by atoms with van der Waals surface area (Å²) in [5, 5.41) is 15.0. The number of aromatic nitrogens is 1. The Kier molecular flexibility index (Phi) is 7.80. The molecule has 3 aromatic carbocycles. The van der Waals surface area contributed by atoms with E-state index in [-0.39, 0.29) is 42.3 Å². The van der Waals surface area contributed by atoms with Crippen molar-refractivity contribution in [2.75, 3.05) is 7.11 Å². The maximum absolute atomic E-state index is 13.4. The first-order chi connectivity index (χ1) is 17.4. The van der Waals surface area contributed by atoms with Gasteiger partial charge in [-0.1, -0.05) is 59.3 Å². The molecule has 0 unspecified atom stereocenters. The summed E-state index contributed by atoms with van der Waals surface area (Å²) in [7, 11) is 1.59. The van der Waals surface area contributed by atoms with Crippen LogP contribution in [0, 0.1) is 12.7 Å². The van der Waals surface area contributed by atoms with Gasteiger partial charge in [0.1, 0.15) is 23.9 Å². The molecule has 0 radical (unpaired) electrons. The van der Waals surface area contributed by atoms with E-state index in [2.05, 4.69) is 5.16 Å². The first-order valence-electron chi connectivity index (χ1n) is 11.5. The molecule has 0 aliphatic carbocycles. The van der Waals surface area contributed by atoms with E-state index < -0.39 is 0 Å². The smallest absolute Gasteiger partial charge is 0.258 e. The summed E-state index contributed by atoms with van der Waals surface area (Å²) in [5.74, 6) is 0.164. The van der Waals surface area contributed by atoms with E-state index in [1.165, 1.54) is 22.9 Å². The van der Waals surface area contributed by atoms with Gasteiger partial charge >= 0.3 is 0 Å². The zero-order chi connectivity index (χ0) is 25.5. The van der Waals surface area contributed by atoms with Crippen molar-refractivity contribution >= 4 is 6.21 Å². The van der Waals surface area contributed by atoms with Crippen LogP contribution in [-0.2, 0) is 24.4 Å². The number of methoxy groups -OCH3 is 1. The Labute approximate surface area is 208 Å². The second kappa shape index (κ2) is 11.4. The Morgan fingerprint density at radius 3 is 2.25 bits per heavy atom. The first kappa shape index (κ1) is 24.7. The minimum Gasteiger partial charge on any atom is -0.507 e. The number of halogens is 1. The van der Waals surface area contributed by atoms with Crippen LogP contribution < -0.4 is 10.3 Å². The zero-order valence-electron chi connectivity index (χ0n) is 20.1. The highest BCUT2D eigenvalue weighted by molar-refractivity contribution is 5.83. The molecule has 0 spiro atoms. The number of hydrogen-bond donors (Lipinski definition) is 1. The van der Waals surface area contributed by atoms with E-state index in [9.17, 15) is 14.3 Å². The lowest BCUT2D eigenvalue weighted by Gasteiger charge is -2.13. The van der Waals surface area contributed by atoms with E-state index in [1.54, 1.807) is 25.4 Å². The zero-order valence-corrected chi connectivity index (χ0v) is 20.1. The maximum Gasteiger partial charge on any atom is 0.258 e. The van der Waals surface area contributed by atoms with Gasteiger partial charge in [0.25, 0.3) is 5.56 Å². The summed E-state index contributed by atoms with van der Waals surface area (Å²) in [6, 6.07) is 21.1. The number of pyridine rings is 1. The molecule has 184 valence electrons. The Bertz CT molecular complexity index is 1390. The van der Waals surface area contributed by atoms with E-state index in [1.807, 2.05) is 55.5 Å². The molecule has 4 rings (SSSR count). The van der Waals surface area contributed by atoms with Crippen molar-refractivity contribution in [3.63, 3.8) is 0 Å². The van der Waals surface area contributed by atoms with Crippen LogP contribution in [0.25, 0.3) is 0 Å². The van der Waals surface area contributed by atoms with Gasteiger partial charge in [0.2, 0.25) is 0 Å². The van der Waals surface area contributed by atoms with Crippen molar-refractivity contribution in [3.05, 3.63) is 129 Å². The van der Waals surface area contributed by atoms with Crippen LogP contribution in [-0.4, -0.2) is 23.0 Å². The van der Waals surface area contributed by atoms with Crippen molar-refractivity contribution in [1.29, 1.82) is 0 Å². The van der Waals surface area contributed by atoms with Crippen LogP contribution in [0.1, 0.15) is 33.4 Å². The van der Waals surface area contributed by atoms with Crippen molar-refractivity contribution in [1.82, 2.24) is 4.57 Å². The molecule has 1 N–H and O–H groups in total. The molecule has 0 aliphatic rings. The third kappa shape index (κ3) is 6.18. The van der Waals surface area contributed by atoms with E-state index in [4.69, 9.17) is 9.57 Å². The number of oxime groups is 1. The van der Waals surface area contributed by atoms with Crippen LogP contribution in [0.3, 0.4) is 0 Å². The summed E-state index contributed by atoms with van der Waals surface area (Å²) in [4.78, 5) is 18.7. The molecule has 7 heteroatoms. The predicted molar refractivity (Wildman–Crippen MR) is 137 cm³/mol. The van der Waals surface area contributed by atoms with Gasteiger partial charge < -0.3 is 19.2 Å². The number of ether oxygens (including phenoxy) is 1. The largest absolute Gasteiger partial charge is 0.507 e. The van der Waals surface area contributed by atoms with Gasteiger partial charge in [-0.15, -0.1) is 0 Å². The van der Waals surface area contributed by atoms with Crippen molar-refractivity contribution in [2.45, 2.75) is 26.5 Å². The number of aromatic hydroxyl groups is 1. The normalized spacial score (nSPS) is 11.1. The standard InChI is InChI=1S/C29H27FN2O4/c1-20-3-5-23(6-4-20)19-36-31-16-24-18-32(17-22-9-13-26(35-2)14-10-22)29(34)27(28(24)33)15-21-7-11-25(30)12-8-21/h3-14,16,18,33H,15,17,19H2,1-2H3/b31-16-. The van der Waals surface area contributed by atoms with Gasteiger partial charge in [-0.25, -0.2) is 4.39 Å². The average Bonchev–Trinajstić information content (AvgIpc) is 2.89. The number of rotatable bonds is 9. The third-order valence-electron chi connectivity index (χ3n) is 5.80. The molecular weight excluding hydrogens is 459 g/mol. The average molecular weight is 487 g/mol. The van der Waals surface area contributed by atoms with Crippen LogP contribution in [0.5, 0.6) is 11.5 Å². The Morgan fingerprint density at radius 1 is 0.944 bits per heavy atom. The Morgan fingerprint density at radius 2 is 1.58 bits per heavy atom. The topological polar surface area (TPSA) is 73.1 Å². The molecule has 0 amide bonds. The van der Waals surface area contributed by atoms with Crippen molar-refractivity contribution in [3.8, 4) is 11.5 Å². The molecule has 0 saturated carbocycles. The van der Waals surface area contributed by atoms with Gasteiger partial charge in [0.15, 0.2) is 0 Å². The van der Waals surface area contributed by atoms with E-state index in [0.717, 1.165) is 16.7 Å². The van der Waals surface area contributed by atoms with Crippen LogP contribution in [0.15, 0.2) is 88.9 Å². The molecule has 1 aromatic heterocycles. The van der Waals surface area contributed by atoms with Gasteiger partial charge in [-0.2, -0.15) is 0 Å². The summed E-state index contributed by atoms with van der Waals surface area (Å²) >= 11 is 0. The van der Waals surface area contributed by atoms with E-state index >= 15 is 0 Å². The summed E-state index contributed by atoms with van der Waals surface area (Å²) in [6.07, 6.45) is 3.08. The van der Waals surface area contributed by atoms with Crippen molar-refractivity contribution < 1.29 is 19.1 Å². The molecule has 1 heterocycles. The van der Waals surface area contributed by atoms with Gasteiger partial charge in [-0.3, -0.25) is 4.79 Å². The van der Waals surface area contributed by atoms with Gasteiger partial charge in [0, 0.05) is 12.6 Å². The highest BCUT2D eigenvalue weighted by atomic mass is 19.1. The van der Waals surface area contributed by atoms with E-state index in [0.29, 0.717) is 16.9 Å². The SMILES string of the molecule is COc1ccc(Cn2cc(/C=N\OCc3ccc(C)cc3)c(O)c(Cc3ccc(F)cc3)c2=O)cc1. The fourth-order valence-corrected chi connectivity index (χ4v) is 3.73. The third-order valence-corrected chi connectivity index (χ3v) is 5.80. The molecular formula is C29H27FN2O4. The van der Waals surface area contributed by atoms with Gasteiger partial charge in [0.05, 0.1) is 31.0 Å². The van der Waals surface area contributed by atoms with Crippen LogP contribution in [0.2, 0.25) is 0 Å².